The summed E-state index contributed by atoms with van der Waals surface area (Å²) in [6, 6.07) is 5.27. The third-order valence-corrected chi connectivity index (χ3v) is 5.57. The van der Waals surface area contributed by atoms with Crippen molar-refractivity contribution in [2.24, 2.45) is 0 Å². The van der Waals surface area contributed by atoms with Gasteiger partial charge in [-0.15, -0.1) is 0 Å². The highest BCUT2D eigenvalue weighted by molar-refractivity contribution is 5.84. The molecule has 2 aliphatic heterocycles. The Morgan fingerprint density at radius 2 is 1.58 bits per heavy atom. The van der Waals surface area contributed by atoms with Crippen LogP contribution in [-0.4, -0.2) is 111 Å². The van der Waals surface area contributed by atoms with Crippen molar-refractivity contribution in [2.75, 3.05) is 18.5 Å². The van der Waals surface area contributed by atoms with Crippen LogP contribution in [0, 0.1) is 5.82 Å². The van der Waals surface area contributed by atoms with Crippen molar-refractivity contribution >= 4 is 11.8 Å². The summed E-state index contributed by atoms with van der Waals surface area (Å²) in [5, 5.41) is 62.7. The quantitative estimate of drug-likeness (QED) is 0.242. The van der Waals surface area contributed by atoms with Crippen LogP contribution in [-0.2, 0) is 18.9 Å². The van der Waals surface area contributed by atoms with E-state index in [1.54, 1.807) is 0 Å². The zero-order valence-electron chi connectivity index (χ0n) is 17.6. The molecule has 2 heterocycles. The van der Waals surface area contributed by atoms with Gasteiger partial charge in [-0.1, -0.05) is 12.1 Å². The second-order valence-electron chi connectivity index (χ2n) is 7.83. The summed E-state index contributed by atoms with van der Waals surface area (Å²) in [5.74, 6) is -0.731. The molecule has 2 saturated heterocycles. The molecule has 12 nitrogen and oxygen atoms in total. The average Bonchev–Trinajstić information content (AvgIpc) is 2.80. The van der Waals surface area contributed by atoms with Gasteiger partial charge in [-0.2, -0.15) is 0 Å². The Balaban J connectivity index is 1.68. The van der Waals surface area contributed by atoms with Crippen molar-refractivity contribution in [1.29, 1.82) is 0 Å². The maximum atomic E-state index is 13.7. The number of halogens is 1. The zero-order valence-corrected chi connectivity index (χ0v) is 17.6. The maximum absolute atomic E-state index is 13.7. The van der Waals surface area contributed by atoms with Crippen LogP contribution in [0.25, 0.3) is 0 Å². The van der Waals surface area contributed by atoms with Gasteiger partial charge in [0.05, 0.1) is 25.0 Å². The lowest BCUT2D eigenvalue weighted by Gasteiger charge is -2.46. The largest absolute Gasteiger partial charge is 0.440 e. The molecule has 0 aromatic heterocycles. The van der Waals surface area contributed by atoms with Gasteiger partial charge >= 0.3 is 6.09 Å². The SMILES string of the molecule is CC1O[C@H](CO)[C@@H](OC2O[C@H](CO)[C@@H](OC(=O)Nc3ccccc3F)[C@H](O)[C@H]2O)[C@H](O)[C@H]1O. The van der Waals surface area contributed by atoms with Gasteiger partial charge in [0, 0.05) is 0 Å². The summed E-state index contributed by atoms with van der Waals surface area (Å²) in [7, 11) is 0. The van der Waals surface area contributed by atoms with Gasteiger partial charge in [-0.05, 0) is 19.1 Å². The Kier molecular flexibility index (Phi) is 8.55. The fourth-order valence-electron chi connectivity index (χ4n) is 3.73. The minimum atomic E-state index is -1.83. The first kappa shape index (κ1) is 25.7. The van der Waals surface area contributed by atoms with Gasteiger partial charge in [-0.25, -0.2) is 9.18 Å². The zero-order chi connectivity index (χ0) is 24.3. The van der Waals surface area contributed by atoms with Gasteiger partial charge in [0.2, 0.25) is 0 Å². The number of aliphatic hydroxyl groups is 6. The van der Waals surface area contributed by atoms with Crippen molar-refractivity contribution in [1.82, 2.24) is 0 Å². The lowest BCUT2D eigenvalue weighted by molar-refractivity contribution is -0.340. The highest BCUT2D eigenvalue weighted by atomic mass is 19.1. The molecule has 1 aromatic carbocycles. The molecule has 7 N–H and O–H groups in total. The minimum absolute atomic E-state index is 0.190. The van der Waals surface area contributed by atoms with E-state index in [9.17, 15) is 39.8 Å². The van der Waals surface area contributed by atoms with Crippen LogP contribution in [0.5, 0.6) is 0 Å². The van der Waals surface area contributed by atoms with E-state index in [4.69, 9.17) is 18.9 Å². The van der Waals surface area contributed by atoms with Crippen LogP contribution < -0.4 is 5.32 Å². The van der Waals surface area contributed by atoms with Gasteiger partial charge in [0.25, 0.3) is 0 Å². The smallest absolute Gasteiger partial charge is 0.412 e. The van der Waals surface area contributed by atoms with Crippen molar-refractivity contribution in [3.8, 4) is 0 Å². The van der Waals surface area contributed by atoms with E-state index in [1.165, 1.54) is 25.1 Å². The third kappa shape index (κ3) is 5.59. The maximum Gasteiger partial charge on any atom is 0.412 e. The first-order chi connectivity index (χ1) is 15.7. The van der Waals surface area contributed by atoms with Gasteiger partial charge in [0.1, 0.15) is 48.5 Å². The molecule has 0 spiro atoms. The monoisotopic (exact) mass is 477 g/mol. The number of carbonyl (C=O) groups excluding carboxylic acids is 1. The molecule has 10 atom stereocenters. The Morgan fingerprint density at radius 1 is 0.970 bits per heavy atom. The van der Waals surface area contributed by atoms with E-state index < -0.39 is 86.3 Å². The standard InChI is InChI=1S/C20H28FNO11/c1-8-13(25)14(26)17(11(6-23)30-8)32-19-16(28)15(27)18(12(7-24)31-19)33-20(29)22-10-5-3-2-4-9(10)21/h2-5,8,11-19,23-28H,6-7H2,1H3,(H,22,29)/t8?,11-,12-,13+,14-,15-,16-,17-,18-,19?/m1/s1. The molecule has 0 aliphatic carbocycles. The molecule has 2 fully saturated rings. The molecule has 0 radical (unpaired) electrons. The first-order valence-electron chi connectivity index (χ1n) is 10.3. The summed E-state index contributed by atoms with van der Waals surface area (Å²) in [4.78, 5) is 12.2. The van der Waals surface area contributed by atoms with Gasteiger partial charge in [0.15, 0.2) is 12.4 Å². The summed E-state index contributed by atoms with van der Waals surface area (Å²) in [6.07, 6.45) is -15.5. The van der Waals surface area contributed by atoms with Gasteiger partial charge < -0.3 is 49.6 Å². The minimum Gasteiger partial charge on any atom is -0.440 e. The van der Waals surface area contributed by atoms with E-state index in [0.717, 1.165) is 6.07 Å². The number of nitrogens with one attached hydrogen (secondary N) is 1. The first-order valence-corrected chi connectivity index (χ1v) is 10.3. The average molecular weight is 477 g/mol. The normalized spacial score (nSPS) is 39.2. The van der Waals surface area contributed by atoms with E-state index in [0.29, 0.717) is 0 Å². The number of benzene rings is 1. The predicted octanol–water partition coefficient (Wildman–Crippen LogP) is -1.93. The lowest BCUT2D eigenvalue weighted by atomic mass is 9.95. The number of amides is 1. The summed E-state index contributed by atoms with van der Waals surface area (Å²) in [6.45, 7) is 0.127. The second-order valence-corrected chi connectivity index (χ2v) is 7.83. The lowest BCUT2D eigenvalue weighted by Crippen LogP contribution is -2.64. The van der Waals surface area contributed by atoms with Crippen LogP contribution in [0.1, 0.15) is 6.92 Å². The number of ether oxygens (including phenoxy) is 4. The Bertz CT molecular complexity index is 797. The molecule has 0 bridgehead atoms. The Labute approximate surface area is 188 Å². The summed E-state index contributed by atoms with van der Waals surface area (Å²) < 4.78 is 35.1. The Hall–Kier alpha value is -1.94. The fourth-order valence-corrected chi connectivity index (χ4v) is 3.73. The molecule has 13 heteroatoms. The summed E-state index contributed by atoms with van der Waals surface area (Å²) >= 11 is 0. The van der Waals surface area contributed by atoms with E-state index in [1.807, 2.05) is 0 Å². The van der Waals surface area contributed by atoms with Crippen molar-refractivity contribution < 1.29 is 58.8 Å². The van der Waals surface area contributed by atoms with Crippen LogP contribution in [0.15, 0.2) is 24.3 Å². The highest BCUT2D eigenvalue weighted by Gasteiger charge is 2.51. The molecule has 1 amide bonds. The Morgan fingerprint density at radius 3 is 2.21 bits per heavy atom. The van der Waals surface area contributed by atoms with Crippen molar-refractivity contribution in [2.45, 2.75) is 68.1 Å². The summed E-state index contributed by atoms with van der Waals surface area (Å²) in [5.41, 5.74) is -0.190. The van der Waals surface area contributed by atoms with Gasteiger partial charge in [-0.3, -0.25) is 5.32 Å². The molecule has 186 valence electrons. The van der Waals surface area contributed by atoms with Crippen LogP contribution in [0.3, 0.4) is 0 Å². The number of hydrogen-bond acceptors (Lipinski definition) is 11. The number of aliphatic hydroxyl groups excluding tert-OH is 6. The number of hydrogen-bond donors (Lipinski definition) is 7. The predicted molar refractivity (Wildman–Crippen MR) is 106 cm³/mol. The van der Waals surface area contributed by atoms with Crippen LogP contribution in [0.4, 0.5) is 14.9 Å². The number of rotatable bonds is 6. The number of anilines is 1. The van der Waals surface area contributed by atoms with E-state index in [2.05, 4.69) is 5.32 Å². The molecule has 1 aromatic rings. The van der Waals surface area contributed by atoms with Crippen molar-refractivity contribution in [3.05, 3.63) is 30.1 Å². The van der Waals surface area contributed by atoms with Crippen LogP contribution >= 0.6 is 0 Å². The molecule has 3 rings (SSSR count). The molecule has 2 aliphatic rings. The number of carbonyl (C=O) groups is 1. The van der Waals surface area contributed by atoms with Crippen LogP contribution in [0.2, 0.25) is 0 Å². The van der Waals surface area contributed by atoms with E-state index in [-0.39, 0.29) is 5.69 Å². The molecular weight excluding hydrogens is 449 g/mol. The fraction of sp³-hybridized carbons (Fsp3) is 0.650. The second kappa shape index (κ2) is 11.0. The molecule has 33 heavy (non-hydrogen) atoms. The molecule has 2 unspecified atom stereocenters. The van der Waals surface area contributed by atoms with Crippen molar-refractivity contribution in [3.63, 3.8) is 0 Å². The molecule has 0 saturated carbocycles. The van der Waals surface area contributed by atoms with E-state index >= 15 is 0 Å². The molecular formula is C20H28FNO11. The highest BCUT2D eigenvalue weighted by Crippen LogP contribution is 2.30. The topological polar surface area (TPSA) is 187 Å². The third-order valence-electron chi connectivity index (χ3n) is 5.57. The number of para-hydroxylation sites is 1.